The number of fused-ring (bicyclic) bond motifs is 1. The summed E-state index contributed by atoms with van der Waals surface area (Å²) in [4.78, 5) is 0. The summed E-state index contributed by atoms with van der Waals surface area (Å²) >= 11 is 0. The van der Waals surface area contributed by atoms with E-state index in [1.807, 2.05) is 38.1 Å². The summed E-state index contributed by atoms with van der Waals surface area (Å²) in [5.74, 6) is 1.75. The molecule has 32 heavy (non-hydrogen) atoms. The van der Waals surface area contributed by atoms with Crippen LogP contribution in [0.2, 0.25) is 0 Å². The number of ether oxygens (including phenoxy) is 2. The molecule has 2 aromatic heterocycles. The number of benzene rings is 1. The third-order valence-electron chi connectivity index (χ3n) is 5.28. The molecule has 0 atom stereocenters. The van der Waals surface area contributed by atoms with Crippen molar-refractivity contribution in [3.8, 4) is 5.88 Å². The summed E-state index contributed by atoms with van der Waals surface area (Å²) in [5.41, 5.74) is 5.53. The van der Waals surface area contributed by atoms with E-state index in [4.69, 9.17) is 9.47 Å². The van der Waals surface area contributed by atoms with Gasteiger partial charge in [0.1, 0.15) is 5.76 Å². The Labute approximate surface area is 189 Å². The normalized spacial score (nSPS) is 12.6. The average molecular weight is 437 g/mol. The van der Waals surface area contributed by atoms with E-state index in [-0.39, 0.29) is 6.61 Å². The topological polar surface area (TPSA) is 85.2 Å². The summed E-state index contributed by atoms with van der Waals surface area (Å²) in [6, 6.07) is 6.07. The SMILES string of the molecule is C=C/C(=C(\C)OC)c1ccc2n[nH]c(/C=C/c3c(OCC(C)C)nn(CCO)c3C)c2c1. The summed E-state index contributed by atoms with van der Waals surface area (Å²) < 4.78 is 13.1. The molecular formula is C25H32N4O3. The van der Waals surface area contributed by atoms with Gasteiger partial charge < -0.3 is 14.6 Å². The van der Waals surface area contributed by atoms with E-state index in [0.717, 1.165) is 44.7 Å². The van der Waals surface area contributed by atoms with Crippen LogP contribution >= 0.6 is 0 Å². The number of nitrogens with zero attached hydrogens (tertiary/aromatic N) is 3. The lowest BCUT2D eigenvalue weighted by molar-refractivity contribution is 0.248. The van der Waals surface area contributed by atoms with Gasteiger partial charge in [-0.25, -0.2) is 0 Å². The van der Waals surface area contributed by atoms with Gasteiger partial charge >= 0.3 is 0 Å². The van der Waals surface area contributed by atoms with Crippen molar-refractivity contribution in [2.75, 3.05) is 20.3 Å². The highest BCUT2D eigenvalue weighted by atomic mass is 16.5. The van der Waals surface area contributed by atoms with Crippen molar-refractivity contribution in [1.29, 1.82) is 0 Å². The van der Waals surface area contributed by atoms with Gasteiger partial charge in [-0.1, -0.05) is 32.6 Å². The summed E-state index contributed by atoms with van der Waals surface area (Å²) in [5, 5.41) is 22.4. The van der Waals surface area contributed by atoms with E-state index in [2.05, 4.69) is 41.8 Å². The molecule has 7 nitrogen and oxygen atoms in total. The molecule has 0 spiro atoms. The van der Waals surface area contributed by atoms with Crippen molar-refractivity contribution in [1.82, 2.24) is 20.0 Å². The lowest BCUT2D eigenvalue weighted by atomic mass is 10.0. The molecule has 0 unspecified atom stereocenters. The van der Waals surface area contributed by atoms with Gasteiger partial charge in [0.05, 0.1) is 43.6 Å². The minimum absolute atomic E-state index is 0.0172. The Morgan fingerprint density at radius 1 is 1.31 bits per heavy atom. The highest BCUT2D eigenvalue weighted by Crippen LogP contribution is 2.28. The molecule has 0 fully saturated rings. The first-order valence-electron chi connectivity index (χ1n) is 10.7. The largest absolute Gasteiger partial charge is 0.501 e. The van der Waals surface area contributed by atoms with Crippen molar-refractivity contribution in [2.45, 2.75) is 34.2 Å². The molecule has 0 aliphatic carbocycles. The molecule has 0 radical (unpaired) electrons. The Bertz CT molecular complexity index is 1150. The zero-order chi connectivity index (χ0) is 23.3. The fourth-order valence-corrected chi connectivity index (χ4v) is 3.45. The van der Waals surface area contributed by atoms with Crippen LogP contribution in [0.1, 0.15) is 43.3 Å². The number of hydrogen-bond acceptors (Lipinski definition) is 5. The summed E-state index contributed by atoms with van der Waals surface area (Å²) in [6.07, 6.45) is 5.76. The standard InChI is InChI=1S/C25H32N4O3/c1-7-20(18(5)31-6)19-8-10-23-22(14-19)24(27-26-23)11-9-21-17(4)29(12-13-30)28-25(21)32-15-16(2)3/h7-11,14,16,30H,1,12-13,15H2,2-6H3,(H,26,27)/b11-9+,20-18-. The van der Waals surface area contributed by atoms with Crippen LogP contribution in [0.15, 0.2) is 36.6 Å². The fraction of sp³-hybridized carbons (Fsp3) is 0.360. The predicted molar refractivity (Wildman–Crippen MR) is 129 cm³/mol. The van der Waals surface area contributed by atoms with Crippen LogP contribution in [0.5, 0.6) is 5.88 Å². The van der Waals surface area contributed by atoms with Crippen LogP contribution in [0.4, 0.5) is 0 Å². The Hall–Kier alpha value is -3.32. The van der Waals surface area contributed by atoms with E-state index in [0.29, 0.717) is 24.9 Å². The smallest absolute Gasteiger partial charge is 0.240 e. The molecule has 0 amide bonds. The number of aromatic amines is 1. The van der Waals surface area contributed by atoms with Crippen molar-refractivity contribution < 1.29 is 14.6 Å². The maximum Gasteiger partial charge on any atom is 0.240 e. The minimum Gasteiger partial charge on any atom is -0.501 e. The Morgan fingerprint density at radius 3 is 2.75 bits per heavy atom. The number of hydrogen-bond donors (Lipinski definition) is 2. The minimum atomic E-state index is 0.0172. The number of rotatable bonds is 10. The van der Waals surface area contributed by atoms with Gasteiger partial charge in [-0.2, -0.15) is 5.10 Å². The van der Waals surface area contributed by atoms with Crippen LogP contribution in [0.3, 0.4) is 0 Å². The van der Waals surface area contributed by atoms with E-state index in [1.165, 1.54) is 0 Å². The number of nitrogens with one attached hydrogen (secondary N) is 1. The first-order valence-corrected chi connectivity index (χ1v) is 10.7. The van der Waals surface area contributed by atoms with Gasteiger partial charge in [-0.05, 0) is 49.6 Å². The molecule has 7 heteroatoms. The second-order valence-electron chi connectivity index (χ2n) is 8.04. The first-order chi connectivity index (χ1) is 15.4. The predicted octanol–water partition coefficient (Wildman–Crippen LogP) is 4.83. The molecule has 2 heterocycles. The third-order valence-corrected chi connectivity index (χ3v) is 5.28. The second-order valence-corrected chi connectivity index (χ2v) is 8.04. The lowest BCUT2D eigenvalue weighted by Crippen LogP contribution is -2.07. The molecule has 0 aliphatic heterocycles. The quantitative estimate of drug-likeness (QED) is 0.351. The number of methoxy groups -OCH3 is 1. The van der Waals surface area contributed by atoms with Gasteiger partial charge in [-0.3, -0.25) is 9.78 Å². The Balaban J connectivity index is 2.01. The van der Waals surface area contributed by atoms with Crippen molar-refractivity contribution in [3.63, 3.8) is 0 Å². The van der Waals surface area contributed by atoms with Crippen molar-refractivity contribution in [2.24, 2.45) is 5.92 Å². The molecule has 0 aliphatic rings. The van der Waals surface area contributed by atoms with Crippen LogP contribution in [-0.4, -0.2) is 45.4 Å². The Morgan fingerprint density at radius 2 is 2.09 bits per heavy atom. The van der Waals surface area contributed by atoms with Gasteiger partial charge in [-0.15, -0.1) is 5.10 Å². The van der Waals surface area contributed by atoms with Crippen molar-refractivity contribution in [3.05, 3.63) is 59.1 Å². The van der Waals surface area contributed by atoms with Gasteiger partial charge in [0.25, 0.3) is 0 Å². The van der Waals surface area contributed by atoms with Gasteiger partial charge in [0.2, 0.25) is 5.88 Å². The lowest BCUT2D eigenvalue weighted by Gasteiger charge is -2.08. The summed E-state index contributed by atoms with van der Waals surface area (Å²) in [6.45, 7) is 13.0. The monoisotopic (exact) mass is 436 g/mol. The maximum atomic E-state index is 9.36. The number of aromatic nitrogens is 4. The zero-order valence-corrected chi connectivity index (χ0v) is 19.5. The van der Waals surface area contributed by atoms with Crippen LogP contribution in [-0.2, 0) is 11.3 Å². The van der Waals surface area contributed by atoms with E-state index in [9.17, 15) is 5.11 Å². The van der Waals surface area contributed by atoms with Crippen LogP contribution < -0.4 is 4.74 Å². The maximum absolute atomic E-state index is 9.36. The molecule has 0 saturated carbocycles. The van der Waals surface area contributed by atoms with Crippen LogP contribution in [0.25, 0.3) is 28.6 Å². The molecule has 1 aromatic carbocycles. The van der Waals surface area contributed by atoms with Gasteiger partial charge in [0.15, 0.2) is 0 Å². The van der Waals surface area contributed by atoms with Gasteiger partial charge in [0, 0.05) is 16.7 Å². The van der Waals surface area contributed by atoms with E-state index >= 15 is 0 Å². The molecular weight excluding hydrogens is 404 g/mol. The van der Waals surface area contributed by atoms with Crippen LogP contribution in [0, 0.1) is 12.8 Å². The number of aliphatic hydroxyl groups excluding tert-OH is 1. The Kier molecular flexibility index (Phi) is 7.53. The molecule has 2 N–H and O–H groups in total. The summed E-state index contributed by atoms with van der Waals surface area (Å²) in [7, 11) is 1.65. The van der Waals surface area contributed by atoms with E-state index in [1.54, 1.807) is 17.9 Å². The molecule has 3 rings (SSSR count). The second kappa shape index (κ2) is 10.3. The first kappa shape index (κ1) is 23.3. The van der Waals surface area contributed by atoms with Crippen molar-refractivity contribution >= 4 is 28.6 Å². The highest BCUT2D eigenvalue weighted by molar-refractivity contribution is 5.93. The molecule has 0 bridgehead atoms. The molecule has 3 aromatic rings. The number of H-pyrrole nitrogens is 1. The zero-order valence-electron chi connectivity index (χ0n) is 19.5. The highest BCUT2D eigenvalue weighted by Gasteiger charge is 2.15. The fourth-order valence-electron chi connectivity index (χ4n) is 3.45. The number of aliphatic hydroxyl groups is 1. The third kappa shape index (κ3) is 4.94. The molecule has 170 valence electrons. The van der Waals surface area contributed by atoms with E-state index < -0.39 is 0 Å². The average Bonchev–Trinajstić information content (AvgIpc) is 3.31. The molecule has 0 saturated heterocycles. The number of allylic oxidation sites excluding steroid dienone is 3.